The molecule has 1 heterocycles. The van der Waals surface area contributed by atoms with Crippen molar-refractivity contribution in [2.75, 3.05) is 6.54 Å². The maximum Gasteiger partial charge on any atom is 0.326 e. The van der Waals surface area contributed by atoms with E-state index in [4.69, 9.17) is 10.8 Å². The van der Waals surface area contributed by atoms with Crippen LogP contribution in [0.25, 0.3) is 0 Å². The summed E-state index contributed by atoms with van der Waals surface area (Å²) < 4.78 is 0. The van der Waals surface area contributed by atoms with Gasteiger partial charge in [0.1, 0.15) is 6.04 Å². The van der Waals surface area contributed by atoms with Crippen LogP contribution in [-0.4, -0.2) is 41.0 Å². The Hall–Kier alpha value is -1.63. The lowest BCUT2D eigenvalue weighted by Crippen LogP contribution is -2.55. The number of aliphatic carboxylic acids is 1. The van der Waals surface area contributed by atoms with Crippen molar-refractivity contribution in [3.63, 3.8) is 0 Å². The normalized spacial score (nSPS) is 25.2. The summed E-state index contributed by atoms with van der Waals surface area (Å²) in [5.41, 5.74) is 4.17. The monoisotopic (exact) mass is 243 g/mol. The molecule has 7 heteroatoms. The summed E-state index contributed by atoms with van der Waals surface area (Å²) in [7, 11) is 0. The number of amides is 2. The smallest absolute Gasteiger partial charge is 0.326 e. The van der Waals surface area contributed by atoms with E-state index >= 15 is 0 Å². The first kappa shape index (κ1) is 13.4. The van der Waals surface area contributed by atoms with Crippen molar-refractivity contribution in [3.8, 4) is 0 Å². The predicted molar refractivity (Wildman–Crippen MR) is 59.0 cm³/mol. The summed E-state index contributed by atoms with van der Waals surface area (Å²) in [5, 5.41) is 14.2. The molecule has 2 amide bonds. The lowest BCUT2D eigenvalue weighted by Gasteiger charge is -2.25. The van der Waals surface area contributed by atoms with Crippen LogP contribution >= 0.6 is 0 Å². The maximum atomic E-state index is 11.9. The lowest BCUT2D eigenvalue weighted by atomic mass is 9.98. The molecule has 1 rings (SSSR count). The van der Waals surface area contributed by atoms with Crippen molar-refractivity contribution in [2.24, 2.45) is 5.73 Å². The Morgan fingerprint density at radius 3 is 2.59 bits per heavy atom. The Morgan fingerprint density at radius 2 is 2.18 bits per heavy atom. The van der Waals surface area contributed by atoms with Crippen molar-refractivity contribution in [1.29, 1.82) is 0 Å². The molecular weight excluding hydrogens is 226 g/mol. The number of carboxylic acids is 1. The minimum atomic E-state index is -1.27. The standard InChI is InChI=1S/C10H17N3O4/c1-10(3-2-4-12-10)9(17)13-6(8(15)16)5-7(11)14/h6,12H,2-5H2,1H3,(H2,11,14)(H,13,17)(H,15,16)/t6-,10?/m0/s1. The number of rotatable bonds is 5. The van der Waals surface area contributed by atoms with Gasteiger partial charge in [0.15, 0.2) is 0 Å². The molecule has 1 aliphatic heterocycles. The van der Waals surface area contributed by atoms with Gasteiger partial charge < -0.3 is 21.5 Å². The predicted octanol–water partition coefficient (Wildman–Crippen LogP) is -1.43. The molecule has 0 aliphatic carbocycles. The van der Waals surface area contributed by atoms with E-state index in [2.05, 4.69) is 10.6 Å². The summed E-state index contributed by atoms with van der Waals surface area (Å²) >= 11 is 0. The molecule has 0 aromatic heterocycles. The van der Waals surface area contributed by atoms with E-state index in [0.29, 0.717) is 6.42 Å². The van der Waals surface area contributed by atoms with Gasteiger partial charge in [0.2, 0.25) is 11.8 Å². The number of nitrogens with one attached hydrogen (secondary N) is 2. The minimum absolute atomic E-state index is 0.406. The Morgan fingerprint density at radius 1 is 1.53 bits per heavy atom. The first-order valence-corrected chi connectivity index (χ1v) is 5.42. The third-order valence-electron chi connectivity index (χ3n) is 2.88. The van der Waals surface area contributed by atoms with Crippen LogP contribution < -0.4 is 16.4 Å². The van der Waals surface area contributed by atoms with Crippen LogP contribution in [0.4, 0.5) is 0 Å². The fraction of sp³-hybridized carbons (Fsp3) is 0.700. The minimum Gasteiger partial charge on any atom is -0.480 e. The highest BCUT2D eigenvalue weighted by atomic mass is 16.4. The molecule has 17 heavy (non-hydrogen) atoms. The summed E-state index contributed by atoms with van der Waals surface area (Å²) in [6.07, 6.45) is 1.09. The molecule has 0 bridgehead atoms. The van der Waals surface area contributed by atoms with E-state index in [-0.39, 0.29) is 0 Å². The fourth-order valence-electron chi connectivity index (χ4n) is 1.81. The summed E-state index contributed by atoms with van der Waals surface area (Å²) in [6.45, 7) is 2.43. The van der Waals surface area contributed by atoms with E-state index in [0.717, 1.165) is 13.0 Å². The van der Waals surface area contributed by atoms with Gasteiger partial charge in [0, 0.05) is 0 Å². The Balaban J connectivity index is 2.63. The fourth-order valence-corrected chi connectivity index (χ4v) is 1.81. The molecule has 1 unspecified atom stereocenters. The Kier molecular flexibility index (Phi) is 4.06. The van der Waals surface area contributed by atoms with Crippen molar-refractivity contribution >= 4 is 17.8 Å². The van der Waals surface area contributed by atoms with Crippen LogP contribution in [0.5, 0.6) is 0 Å². The largest absolute Gasteiger partial charge is 0.480 e. The van der Waals surface area contributed by atoms with E-state index < -0.39 is 35.8 Å². The van der Waals surface area contributed by atoms with Crippen LogP contribution in [0.2, 0.25) is 0 Å². The molecule has 96 valence electrons. The second-order valence-corrected chi connectivity index (χ2v) is 4.40. The van der Waals surface area contributed by atoms with Gasteiger partial charge in [-0.25, -0.2) is 4.79 Å². The average Bonchev–Trinajstić information content (AvgIpc) is 2.64. The quantitative estimate of drug-likeness (QED) is 0.472. The first-order valence-electron chi connectivity index (χ1n) is 5.42. The van der Waals surface area contributed by atoms with Crippen molar-refractivity contribution < 1.29 is 19.5 Å². The van der Waals surface area contributed by atoms with Gasteiger partial charge in [0.25, 0.3) is 0 Å². The van der Waals surface area contributed by atoms with Gasteiger partial charge in [-0.15, -0.1) is 0 Å². The van der Waals surface area contributed by atoms with Crippen LogP contribution in [0, 0.1) is 0 Å². The van der Waals surface area contributed by atoms with E-state index in [1.54, 1.807) is 6.92 Å². The first-order chi connectivity index (χ1) is 7.85. The van der Waals surface area contributed by atoms with Gasteiger partial charge in [-0.1, -0.05) is 0 Å². The Labute approximate surface area is 98.7 Å². The third-order valence-corrected chi connectivity index (χ3v) is 2.88. The zero-order valence-electron chi connectivity index (χ0n) is 9.66. The molecular formula is C10H17N3O4. The van der Waals surface area contributed by atoms with Crippen molar-refractivity contribution in [3.05, 3.63) is 0 Å². The van der Waals surface area contributed by atoms with Crippen LogP contribution in [0.1, 0.15) is 26.2 Å². The van der Waals surface area contributed by atoms with E-state index in [9.17, 15) is 14.4 Å². The summed E-state index contributed by atoms with van der Waals surface area (Å²) in [4.78, 5) is 33.4. The van der Waals surface area contributed by atoms with Crippen molar-refractivity contribution in [1.82, 2.24) is 10.6 Å². The number of carbonyl (C=O) groups excluding carboxylic acids is 2. The zero-order valence-corrected chi connectivity index (χ0v) is 9.66. The van der Waals surface area contributed by atoms with Gasteiger partial charge in [-0.3, -0.25) is 9.59 Å². The van der Waals surface area contributed by atoms with E-state index in [1.807, 2.05) is 0 Å². The zero-order chi connectivity index (χ0) is 13.1. The number of hydrogen-bond donors (Lipinski definition) is 4. The Bertz CT molecular complexity index is 336. The van der Waals surface area contributed by atoms with E-state index in [1.165, 1.54) is 0 Å². The van der Waals surface area contributed by atoms with Gasteiger partial charge >= 0.3 is 5.97 Å². The number of primary amides is 1. The van der Waals surface area contributed by atoms with Crippen LogP contribution in [0.3, 0.4) is 0 Å². The molecule has 1 fully saturated rings. The SMILES string of the molecule is CC1(C(=O)N[C@@H](CC(N)=O)C(=O)O)CCCN1. The van der Waals surface area contributed by atoms with Crippen molar-refractivity contribution in [2.45, 2.75) is 37.8 Å². The summed E-state index contributed by atoms with van der Waals surface area (Å²) in [5.74, 6) is -2.44. The molecule has 0 aromatic carbocycles. The molecule has 1 saturated heterocycles. The number of nitrogens with two attached hydrogens (primary N) is 1. The molecule has 1 aliphatic rings. The van der Waals surface area contributed by atoms with Gasteiger partial charge in [-0.05, 0) is 26.3 Å². The number of hydrogen-bond acceptors (Lipinski definition) is 4. The van der Waals surface area contributed by atoms with Gasteiger partial charge in [-0.2, -0.15) is 0 Å². The maximum absolute atomic E-state index is 11.9. The number of carbonyl (C=O) groups is 3. The molecule has 5 N–H and O–H groups in total. The topological polar surface area (TPSA) is 122 Å². The van der Waals surface area contributed by atoms with Crippen LogP contribution in [0.15, 0.2) is 0 Å². The molecule has 0 aromatic rings. The second kappa shape index (κ2) is 5.13. The molecule has 0 saturated carbocycles. The highest BCUT2D eigenvalue weighted by molar-refractivity contribution is 5.92. The lowest BCUT2D eigenvalue weighted by molar-refractivity contribution is -0.144. The second-order valence-electron chi connectivity index (χ2n) is 4.40. The molecule has 2 atom stereocenters. The molecule has 7 nitrogen and oxygen atoms in total. The summed E-state index contributed by atoms with van der Waals surface area (Å²) in [6, 6.07) is -1.26. The third kappa shape index (κ3) is 3.42. The average molecular weight is 243 g/mol. The molecule has 0 radical (unpaired) electrons. The highest BCUT2D eigenvalue weighted by Gasteiger charge is 2.38. The molecule has 0 spiro atoms. The number of carboxylic acid groups (broad SMARTS) is 1. The van der Waals surface area contributed by atoms with Gasteiger partial charge in [0.05, 0.1) is 12.0 Å². The van der Waals surface area contributed by atoms with Crippen LogP contribution in [-0.2, 0) is 14.4 Å². The highest BCUT2D eigenvalue weighted by Crippen LogP contribution is 2.18.